The molecule has 1 N–H and O–H groups in total. The van der Waals surface area contributed by atoms with Gasteiger partial charge in [0.05, 0.1) is 5.02 Å². The number of thiophene rings is 1. The Kier molecular flexibility index (Phi) is 5.53. The van der Waals surface area contributed by atoms with Gasteiger partial charge in [0.1, 0.15) is 0 Å². The maximum atomic E-state index is 6.10. The molecular formula is C11H18ClNS. The van der Waals surface area contributed by atoms with Crippen LogP contribution in [0.3, 0.4) is 0 Å². The van der Waals surface area contributed by atoms with Crippen molar-refractivity contribution >= 4 is 22.9 Å². The molecule has 1 heterocycles. The Balaban J connectivity index is 2.50. The smallest absolute Gasteiger partial charge is 0.0561 e. The summed E-state index contributed by atoms with van der Waals surface area (Å²) in [5, 5.41) is 6.30. The minimum Gasteiger partial charge on any atom is -0.312 e. The summed E-state index contributed by atoms with van der Waals surface area (Å²) in [5.74, 6) is 0. The van der Waals surface area contributed by atoms with Crippen molar-refractivity contribution in [3.05, 3.63) is 21.3 Å². The minimum absolute atomic E-state index is 0.439. The summed E-state index contributed by atoms with van der Waals surface area (Å²) in [6, 6.07) is 2.42. The second kappa shape index (κ2) is 6.44. The van der Waals surface area contributed by atoms with Gasteiger partial charge in [-0.15, -0.1) is 11.3 Å². The van der Waals surface area contributed by atoms with Gasteiger partial charge in [0, 0.05) is 10.9 Å². The third kappa shape index (κ3) is 3.26. The van der Waals surface area contributed by atoms with Crippen LogP contribution in [0.4, 0.5) is 0 Å². The highest BCUT2D eigenvalue weighted by atomic mass is 35.5. The molecule has 1 aromatic heterocycles. The second-order valence-electron chi connectivity index (χ2n) is 3.47. The highest BCUT2D eigenvalue weighted by Gasteiger charge is 2.13. The fourth-order valence-corrected chi connectivity index (χ4v) is 2.89. The maximum absolute atomic E-state index is 6.10. The fraction of sp³-hybridized carbons (Fsp3) is 0.636. The van der Waals surface area contributed by atoms with Gasteiger partial charge in [0.2, 0.25) is 0 Å². The van der Waals surface area contributed by atoms with Crippen molar-refractivity contribution in [2.75, 3.05) is 7.05 Å². The van der Waals surface area contributed by atoms with Crippen LogP contribution >= 0.6 is 22.9 Å². The van der Waals surface area contributed by atoms with E-state index in [4.69, 9.17) is 11.6 Å². The summed E-state index contributed by atoms with van der Waals surface area (Å²) in [6.07, 6.45) is 5.04. The molecule has 80 valence electrons. The largest absolute Gasteiger partial charge is 0.312 e. The van der Waals surface area contributed by atoms with Gasteiger partial charge in [-0.05, 0) is 24.9 Å². The molecule has 0 saturated heterocycles. The maximum Gasteiger partial charge on any atom is 0.0561 e. The first kappa shape index (κ1) is 12.0. The molecule has 0 aliphatic rings. The molecule has 0 amide bonds. The zero-order chi connectivity index (χ0) is 10.4. The molecular weight excluding hydrogens is 214 g/mol. The van der Waals surface area contributed by atoms with Crippen molar-refractivity contribution in [1.82, 2.24) is 5.32 Å². The lowest BCUT2D eigenvalue weighted by Gasteiger charge is -2.14. The Morgan fingerprint density at radius 2 is 2.29 bits per heavy atom. The molecule has 0 aliphatic heterocycles. The zero-order valence-corrected chi connectivity index (χ0v) is 10.4. The SMILES string of the molecule is CCCCCC(NC)c1sccc1Cl. The van der Waals surface area contributed by atoms with E-state index in [9.17, 15) is 0 Å². The van der Waals surface area contributed by atoms with Crippen molar-refractivity contribution in [3.63, 3.8) is 0 Å². The standard InChI is InChI=1S/C11H18ClNS/c1-3-4-5-6-10(13-2)11-9(12)7-8-14-11/h7-8,10,13H,3-6H2,1-2H3. The van der Waals surface area contributed by atoms with Gasteiger partial charge in [0.15, 0.2) is 0 Å². The molecule has 14 heavy (non-hydrogen) atoms. The van der Waals surface area contributed by atoms with Crippen molar-refractivity contribution in [3.8, 4) is 0 Å². The monoisotopic (exact) mass is 231 g/mol. The molecule has 1 unspecified atom stereocenters. The zero-order valence-electron chi connectivity index (χ0n) is 8.85. The number of nitrogens with one attached hydrogen (secondary N) is 1. The van der Waals surface area contributed by atoms with Crippen LogP contribution in [0.25, 0.3) is 0 Å². The quantitative estimate of drug-likeness (QED) is 0.722. The van der Waals surface area contributed by atoms with Crippen molar-refractivity contribution in [1.29, 1.82) is 0 Å². The van der Waals surface area contributed by atoms with Gasteiger partial charge < -0.3 is 5.32 Å². The van der Waals surface area contributed by atoms with Gasteiger partial charge in [-0.2, -0.15) is 0 Å². The van der Waals surface area contributed by atoms with Crippen LogP contribution in [-0.2, 0) is 0 Å². The molecule has 3 heteroatoms. The third-order valence-corrected chi connectivity index (χ3v) is 3.88. The minimum atomic E-state index is 0.439. The number of hydrogen-bond donors (Lipinski definition) is 1. The third-order valence-electron chi connectivity index (χ3n) is 2.41. The van der Waals surface area contributed by atoms with Gasteiger partial charge in [0.25, 0.3) is 0 Å². The lowest BCUT2D eigenvalue weighted by atomic mass is 10.1. The average molecular weight is 232 g/mol. The molecule has 0 spiro atoms. The normalized spacial score (nSPS) is 13.1. The van der Waals surface area contributed by atoms with Gasteiger partial charge in [-0.25, -0.2) is 0 Å². The van der Waals surface area contributed by atoms with Crippen LogP contribution in [0.2, 0.25) is 5.02 Å². The number of unbranched alkanes of at least 4 members (excludes halogenated alkanes) is 2. The van der Waals surface area contributed by atoms with E-state index in [2.05, 4.69) is 17.6 Å². The van der Waals surface area contributed by atoms with Crippen molar-refractivity contribution < 1.29 is 0 Å². The van der Waals surface area contributed by atoms with Crippen LogP contribution < -0.4 is 5.32 Å². The van der Waals surface area contributed by atoms with E-state index in [1.807, 2.05) is 13.1 Å². The molecule has 0 fully saturated rings. The van der Waals surface area contributed by atoms with E-state index in [-0.39, 0.29) is 0 Å². The lowest BCUT2D eigenvalue weighted by molar-refractivity contribution is 0.518. The molecule has 1 rings (SSSR count). The van der Waals surface area contributed by atoms with E-state index in [1.165, 1.54) is 30.6 Å². The van der Waals surface area contributed by atoms with Gasteiger partial charge in [-0.1, -0.05) is 37.8 Å². The van der Waals surface area contributed by atoms with Crippen LogP contribution in [-0.4, -0.2) is 7.05 Å². The van der Waals surface area contributed by atoms with E-state index >= 15 is 0 Å². The van der Waals surface area contributed by atoms with Crippen LogP contribution in [0, 0.1) is 0 Å². The van der Waals surface area contributed by atoms with Crippen LogP contribution in [0.5, 0.6) is 0 Å². The fourth-order valence-electron chi connectivity index (χ4n) is 1.56. The van der Waals surface area contributed by atoms with Gasteiger partial charge in [-0.3, -0.25) is 0 Å². The van der Waals surface area contributed by atoms with Crippen LogP contribution in [0.1, 0.15) is 43.5 Å². The molecule has 0 saturated carbocycles. The first-order chi connectivity index (χ1) is 6.79. The van der Waals surface area contributed by atoms with E-state index in [0.717, 1.165) is 5.02 Å². The Morgan fingerprint density at radius 1 is 1.50 bits per heavy atom. The topological polar surface area (TPSA) is 12.0 Å². The van der Waals surface area contributed by atoms with E-state index in [1.54, 1.807) is 11.3 Å². The molecule has 1 aromatic rings. The summed E-state index contributed by atoms with van der Waals surface area (Å²) in [4.78, 5) is 1.28. The summed E-state index contributed by atoms with van der Waals surface area (Å²) < 4.78 is 0. The highest BCUT2D eigenvalue weighted by Crippen LogP contribution is 2.31. The molecule has 1 nitrogen and oxygen atoms in total. The molecule has 0 aromatic carbocycles. The number of rotatable bonds is 6. The predicted molar refractivity (Wildman–Crippen MR) is 65.3 cm³/mol. The summed E-state index contributed by atoms with van der Waals surface area (Å²) in [7, 11) is 2.01. The van der Waals surface area contributed by atoms with Gasteiger partial charge >= 0.3 is 0 Å². The second-order valence-corrected chi connectivity index (χ2v) is 4.82. The van der Waals surface area contributed by atoms with Crippen LogP contribution in [0.15, 0.2) is 11.4 Å². The predicted octanol–water partition coefficient (Wildman–Crippen LogP) is 4.24. The molecule has 1 atom stereocenters. The molecule has 0 bridgehead atoms. The Morgan fingerprint density at radius 3 is 2.79 bits per heavy atom. The average Bonchev–Trinajstić information content (AvgIpc) is 2.60. The first-order valence-corrected chi connectivity index (χ1v) is 6.45. The lowest BCUT2D eigenvalue weighted by Crippen LogP contribution is -2.15. The Bertz CT molecular complexity index is 260. The highest BCUT2D eigenvalue weighted by molar-refractivity contribution is 7.10. The molecule has 0 aliphatic carbocycles. The number of hydrogen-bond acceptors (Lipinski definition) is 2. The Labute approximate surface area is 95.5 Å². The molecule has 0 radical (unpaired) electrons. The first-order valence-electron chi connectivity index (χ1n) is 5.19. The Hall–Kier alpha value is -0.0500. The number of halogens is 1. The van der Waals surface area contributed by atoms with Crippen molar-refractivity contribution in [2.24, 2.45) is 0 Å². The van der Waals surface area contributed by atoms with E-state index < -0.39 is 0 Å². The van der Waals surface area contributed by atoms with E-state index in [0.29, 0.717) is 6.04 Å². The van der Waals surface area contributed by atoms with Crippen molar-refractivity contribution in [2.45, 2.75) is 38.6 Å². The summed E-state index contributed by atoms with van der Waals surface area (Å²) in [5.41, 5.74) is 0. The summed E-state index contributed by atoms with van der Waals surface area (Å²) in [6.45, 7) is 2.23. The summed E-state index contributed by atoms with van der Waals surface area (Å²) >= 11 is 7.84.